The number of hydrogen-bond donors (Lipinski definition) is 4. The molecule has 1 saturated heterocycles. The minimum atomic E-state index is -0.466. The molecule has 1 aliphatic heterocycles. The van der Waals surface area contributed by atoms with Gasteiger partial charge in [-0.3, -0.25) is 15.0 Å². The number of benzene rings is 2. The van der Waals surface area contributed by atoms with Gasteiger partial charge in [0.1, 0.15) is 17.2 Å². The van der Waals surface area contributed by atoms with Gasteiger partial charge in [0, 0.05) is 24.7 Å². The van der Waals surface area contributed by atoms with Crippen LogP contribution >= 0.6 is 0 Å². The zero-order valence-electron chi connectivity index (χ0n) is 17.4. The topological polar surface area (TPSA) is 137 Å². The first-order valence-corrected chi connectivity index (χ1v) is 10.3. The fourth-order valence-electron chi connectivity index (χ4n) is 3.74. The smallest absolute Gasteiger partial charge is 0.288 e. The molecule has 1 aliphatic rings. The minimum Gasteiger partial charge on any atom is -0.457 e. The molecule has 0 aliphatic carbocycles. The van der Waals surface area contributed by atoms with E-state index in [4.69, 9.17) is 15.9 Å². The SMILES string of the molecule is N=C(c1ccc(Oc2ccccc2)cc1)c1c(N)n[nH]c(=O)c1NC1CCCN(C=O)C1. The van der Waals surface area contributed by atoms with Crippen molar-refractivity contribution >= 4 is 23.6 Å². The monoisotopic (exact) mass is 432 g/mol. The number of hydrogen-bond acceptors (Lipinski definition) is 7. The maximum absolute atomic E-state index is 12.6. The number of piperidine rings is 1. The van der Waals surface area contributed by atoms with Gasteiger partial charge in [-0.25, -0.2) is 5.10 Å². The van der Waals surface area contributed by atoms with Gasteiger partial charge in [0.15, 0.2) is 5.82 Å². The molecular formula is C23H24N6O3. The number of nitrogens with two attached hydrogens (primary N) is 1. The lowest BCUT2D eigenvalue weighted by Crippen LogP contribution is -2.42. The summed E-state index contributed by atoms with van der Waals surface area (Å²) in [6.45, 7) is 1.17. The first-order valence-electron chi connectivity index (χ1n) is 10.3. The van der Waals surface area contributed by atoms with Crippen molar-refractivity contribution in [2.75, 3.05) is 24.1 Å². The Labute approximate surface area is 184 Å². The van der Waals surface area contributed by atoms with Crippen LogP contribution in [0.4, 0.5) is 11.5 Å². The van der Waals surface area contributed by atoms with Crippen molar-refractivity contribution < 1.29 is 9.53 Å². The van der Waals surface area contributed by atoms with Gasteiger partial charge in [-0.15, -0.1) is 0 Å². The van der Waals surface area contributed by atoms with E-state index in [1.54, 1.807) is 29.2 Å². The number of nitrogen functional groups attached to an aromatic ring is 1. The van der Waals surface area contributed by atoms with Crippen LogP contribution in [0.2, 0.25) is 0 Å². The molecule has 1 aromatic heterocycles. The average molecular weight is 432 g/mol. The molecule has 164 valence electrons. The number of para-hydroxylation sites is 1. The molecule has 0 bridgehead atoms. The molecule has 9 nitrogen and oxygen atoms in total. The van der Waals surface area contributed by atoms with Gasteiger partial charge in [0.05, 0.1) is 11.3 Å². The van der Waals surface area contributed by atoms with Crippen molar-refractivity contribution in [3.63, 3.8) is 0 Å². The number of carbonyl (C=O) groups excluding carboxylic acids is 1. The van der Waals surface area contributed by atoms with Gasteiger partial charge >= 0.3 is 0 Å². The fraction of sp³-hybridized carbons (Fsp3) is 0.217. The van der Waals surface area contributed by atoms with E-state index in [1.807, 2.05) is 30.3 Å². The summed E-state index contributed by atoms with van der Waals surface area (Å²) in [6, 6.07) is 16.3. The van der Waals surface area contributed by atoms with Gasteiger partial charge in [-0.2, -0.15) is 5.10 Å². The second-order valence-corrected chi connectivity index (χ2v) is 7.59. The number of anilines is 2. The summed E-state index contributed by atoms with van der Waals surface area (Å²) in [7, 11) is 0. The third-order valence-electron chi connectivity index (χ3n) is 5.33. The third-order valence-corrected chi connectivity index (χ3v) is 5.33. The highest BCUT2D eigenvalue weighted by Gasteiger charge is 2.24. The molecule has 9 heteroatoms. The van der Waals surface area contributed by atoms with Gasteiger partial charge in [0.2, 0.25) is 6.41 Å². The van der Waals surface area contributed by atoms with Crippen LogP contribution in [0.5, 0.6) is 11.5 Å². The summed E-state index contributed by atoms with van der Waals surface area (Å²) >= 11 is 0. The second kappa shape index (κ2) is 9.34. The molecule has 5 N–H and O–H groups in total. The van der Waals surface area contributed by atoms with Gasteiger partial charge < -0.3 is 20.7 Å². The van der Waals surface area contributed by atoms with E-state index in [-0.39, 0.29) is 28.8 Å². The number of rotatable bonds is 7. The zero-order valence-corrected chi connectivity index (χ0v) is 17.4. The van der Waals surface area contributed by atoms with Crippen LogP contribution in [0.1, 0.15) is 24.0 Å². The van der Waals surface area contributed by atoms with E-state index in [0.29, 0.717) is 30.2 Å². The standard InChI is InChI=1S/C23H24N6O3/c24-20(15-8-10-18(11-9-15)32-17-6-2-1-3-7-17)19-21(23(31)28-27-22(19)25)26-16-5-4-12-29(13-16)14-30/h1-3,6-11,14,16,24H,4-5,12-13H2,(H,28,31)(H3,25,26,27). The highest BCUT2D eigenvalue weighted by atomic mass is 16.5. The van der Waals surface area contributed by atoms with Crippen LogP contribution in [0, 0.1) is 5.41 Å². The quantitative estimate of drug-likeness (QED) is 0.335. The van der Waals surface area contributed by atoms with Crippen molar-refractivity contribution in [3.05, 3.63) is 76.1 Å². The van der Waals surface area contributed by atoms with Crippen molar-refractivity contribution in [2.45, 2.75) is 18.9 Å². The van der Waals surface area contributed by atoms with Crippen molar-refractivity contribution in [3.8, 4) is 11.5 Å². The lowest BCUT2D eigenvalue weighted by Gasteiger charge is -2.31. The molecule has 0 saturated carbocycles. The van der Waals surface area contributed by atoms with Gasteiger partial charge in [-0.1, -0.05) is 18.2 Å². The third kappa shape index (κ3) is 4.61. The molecule has 0 radical (unpaired) electrons. The molecule has 4 rings (SSSR count). The molecule has 1 fully saturated rings. The lowest BCUT2D eigenvalue weighted by atomic mass is 10.0. The molecule has 1 amide bonds. The summed E-state index contributed by atoms with van der Waals surface area (Å²) in [6.07, 6.45) is 2.43. The largest absolute Gasteiger partial charge is 0.457 e. The molecular weight excluding hydrogens is 408 g/mol. The highest BCUT2D eigenvalue weighted by molar-refractivity contribution is 6.16. The maximum atomic E-state index is 12.6. The van der Waals surface area contributed by atoms with Crippen LogP contribution in [0.25, 0.3) is 0 Å². The summed E-state index contributed by atoms with van der Waals surface area (Å²) in [5, 5.41) is 18.1. The number of likely N-dealkylation sites (tertiary alicyclic amines) is 1. The predicted octanol–water partition coefficient (Wildman–Crippen LogP) is 2.59. The first kappa shape index (κ1) is 21.1. The Morgan fingerprint density at radius 3 is 2.62 bits per heavy atom. The predicted molar refractivity (Wildman–Crippen MR) is 122 cm³/mol. The van der Waals surface area contributed by atoms with Crippen LogP contribution in [0.15, 0.2) is 59.4 Å². The van der Waals surface area contributed by atoms with E-state index in [2.05, 4.69) is 15.5 Å². The van der Waals surface area contributed by atoms with Crippen molar-refractivity contribution in [1.29, 1.82) is 5.41 Å². The normalized spacial score (nSPS) is 15.8. The Balaban J connectivity index is 1.58. The number of amides is 1. The Morgan fingerprint density at radius 1 is 1.19 bits per heavy atom. The molecule has 3 aromatic rings. The zero-order chi connectivity index (χ0) is 22.5. The number of H-pyrrole nitrogens is 1. The van der Waals surface area contributed by atoms with E-state index in [1.165, 1.54) is 0 Å². The summed E-state index contributed by atoms with van der Waals surface area (Å²) < 4.78 is 5.80. The Bertz CT molecular complexity index is 1160. The lowest BCUT2D eigenvalue weighted by molar-refractivity contribution is -0.119. The molecule has 32 heavy (non-hydrogen) atoms. The summed E-state index contributed by atoms with van der Waals surface area (Å²) in [5.41, 5.74) is 6.64. The van der Waals surface area contributed by atoms with Gasteiger partial charge in [-0.05, 0) is 49.2 Å². The number of carbonyl (C=O) groups is 1. The summed E-state index contributed by atoms with van der Waals surface area (Å²) in [5.74, 6) is 1.38. The minimum absolute atomic E-state index is 0.0461. The number of nitrogens with zero attached hydrogens (tertiary/aromatic N) is 2. The number of aromatic amines is 1. The molecule has 2 heterocycles. The second-order valence-electron chi connectivity index (χ2n) is 7.59. The van der Waals surface area contributed by atoms with E-state index in [9.17, 15) is 9.59 Å². The molecule has 2 aromatic carbocycles. The van der Waals surface area contributed by atoms with Crippen molar-refractivity contribution in [2.24, 2.45) is 0 Å². The Kier molecular flexibility index (Phi) is 6.16. The van der Waals surface area contributed by atoms with Gasteiger partial charge in [0.25, 0.3) is 5.56 Å². The first-order chi connectivity index (χ1) is 15.5. The maximum Gasteiger partial charge on any atom is 0.288 e. The molecule has 1 unspecified atom stereocenters. The number of nitrogens with one attached hydrogen (secondary N) is 3. The van der Waals surface area contributed by atoms with Crippen LogP contribution in [-0.4, -0.2) is 46.4 Å². The van der Waals surface area contributed by atoms with E-state index < -0.39 is 5.56 Å². The molecule has 1 atom stereocenters. The Hall–Kier alpha value is -4.14. The van der Waals surface area contributed by atoms with Crippen molar-refractivity contribution in [1.82, 2.24) is 15.1 Å². The van der Waals surface area contributed by atoms with Crippen LogP contribution < -0.4 is 21.3 Å². The highest BCUT2D eigenvalue weighted by Crippen LogP contribution is 2.25. The average Bonchev–Trinajstić information content (AvgIpc) is 2.82. The number of aromatic nitrogens is 2. The molecule has 0 spiro atoms. The number of ether oxygens (including phenoxy) is 1. The van der Waals surface area contributed by atoms with Crippen LogP contribution in [0.3, 0.4) is 0 Å². The van der Waals surface area contributed by atoms with E-state index in [0.717, 1.165) is 19.3 Å². The van der Waals surface area contributed by atoms with Crippen LogP contribution in [-0.2, 0) is 4.79 Å². The van der Waals surface area contributed by atoms with E-state index >= 15 is 0 Å². The Morgan fingerprint density at radius 2 is 1.91 bits per heavy atom. The fourth-order valence-corrected chi connectivity index (χ4v) is 3.74. The summed E-state index contributed by atoms with van der Waals surface area (Å²) in [4.78, 5) is 25.4.